The van der Waals surface area contributed by atoms with Gasteiger partial charge in [0.25, 0.3) is 11.4 Å². The molecule has 42 heavy (non-hydrogen) atoms. The molecule has 0 bridgehead atoms. The summed E-state index contributed by atoms with van der Waals surface area (Å²) in [7, 11) is 0. The number of allylic oxidation sites excluding steroid dienone is 6. The third-order valence-corrected chi connectivity index (χ3v) is 6.63. The lowest BCUT2D eigenvalue weighted by atomic mass is 10.1. The van der Waals surface area contributed by atoms with E-state index in [9.17, 15) is 0 Å². The lowest BCUT2D eigenvalue weighted by Crippen LogP contribution is -1.95. The van der Waals surface area contributed by atoms with Crippen molar-refractivity contribution in [3.63, 3.8) is 0 Å². The lowest BCUT2D eigenvalue weighted by molar-refractivity contribution is 0.571. The van der Waals surface area contributed by atoms with E-state index < -0.39 is 0 Å². The van der Waals surface area contributed by atoms with Gasteiger partial charge in [-0.15, -0.1) is 0 Å². The highest BCUT2D eigenvalue weighted by molar-refractivity contribution is 6.10. The highest BCUT2D eigenvalue weighted by atomic mass is 16.3. The van der Waals surface area contributed by atoms with Gasteiger partial charge in [0, 0.05) is 39.5 Å². The predicted octanol–water partition coefficient (Wildman–Crippen LogP) is 9.40. The van der Waals surface area contributed by atoms with Crippen molar-refractivity contribution in [2.45, 2.75) is 19.9 Å². The third kappa shape index (κ3) is 5.54. The van der Waals surface area contributed by atoms with Gasteiger partial charge in [0.2, 0.25) is 0 Å². The van der Waals surface area contributed by atoms with Crippen LogP contribution in [0.4, 0.5) is 0 Å². The van der Waals surface area contributed by atoms with Crippen LogP contribution in [-0.4, -0.2) is 4.57 Å². The zero-order chi connectivity index (χ0) is 29.5. The highest BCUT2D eigenvalue weighted by Gasteiger charge is 2.15. The van der Waals surface area contributed by atoms with Crippen LogP contribution >= 0.6 is 0 Å². The van der Waals surface area contributed by atoms with Gasteiger partial charge >= 0.3 is 0 Å². The van der Waals surface area contributed by atoms with Crippen molar-refractivity contribution < 1.29 is 8.83 Å². The van der Waals surface area contributed by atoms with E-state index in [-0.39, 0.29) is 11.4 Å². The van der Waals surface area contributed by atoms with Gasteiger partial charge in [-0.05, 0) is 91.4 Å². The molecule has 0 unspecified atom stereocenters. The number of nitrogens with zero attached hydrogens (tertiary/aromatic N) is 5. The van der Waals surface area contributed by atoms with Crippen LogP contribution in [0.5, 0.6) is 0 Å². The van der Waals surface area contributed by atoms with Crippen LogP contribution in [0.3, 0.4) is 0 Å². The molecule has 3 heterocycles. The third-order valence-electron chi connectivity index (χ3n) is 6.63. The Kier molecular flexibility index (Phi) is 7.97. The largest absolute Gasteiger partial charge is 0.457 e. The first-order valence-electron chi connectivity index (χ1n) is 13.2. The second-order valence-electron chi connectivity index (χ2n) is 9.29. The fraction of sp³-hybridized carbons (Fsp3) is 0.0857. The van der Waals surface area contributed by atoms with E-state index in [0.29, 0.717) is 23.0 Å². The number of aryl methyl sites for hydroxylation is 1. The van der Waals surface area contributed by atoms with E-state index in [0.717, 1.165) is 45.9 Å². The van der Waals surface area contributed by atoms with Gasteiger partial charge in [-0.3, -0.25) is 0 Å². The molecule has 0 aliphatic heterocycles. The monoisotopic (exact) mass is 545 g/mol. The molecule has 0 fully saturated rings. The molecule has 200 valence electrons. The molecule has 7 nitrogen and oxygen atoms in total. The van der Waals surface area contributed by atoms with Gasteiger partial charge in [0.15, 0.2) is 0 Å². The minimum atomic E-state index is 0.0107. The summed E-state index contributed by atoms with van der Waals surface area (Å²) in [5, 5.41) is 20.0. The molecule has 0 aliphatic carbocycles. The smallest absolute Gasteiger partial charge is 0.261 e. The first kappa shape index (κ1) is 27.3. The molecule has 2 aromatic carbocycles. The first-order chi connectivity index (χ1) is 20.6. The summed E-state index contributed by atoms with van der Waals surface area (Å²) in [5.41, 5.74) is 4.17. The number of hydrogen-bond donors (Lipinski definition) is 0. The lowest BCUT2D eigenvalue weighted by Gasteiger charge is -2.06. The zero-order valence-electron chi connectivity index (χ0n) is 22.7. The molecular formula is C35H23N5O2. The van der Waals surface area contributed by atoms with Crippen LogP contribution in [0.2, 0.25) is 0 Å². The van der Waals surface area contributed by atoms with Crippen LogP contribution in [0.15, 0.2) is 105 Å². The average molecular weight is 546 g/mol. The Morgan fingerprint density at radius 3 is 1.64 bits per heavy atom. The number of hydrogen-bond acceptors (Lipinski definition) is 4. The summed E-state index contributed by atoms with van der Waals surface area (Å²) in [6, 6.07) is 23.8. The summed E-state index contributed by atoms with van der Waals surface area (Å²) in [5.74, 6) is 2.67. The van der Waals surface area contributed by atoms with Crippen LogP contribution in [0.25, 0.3) is 66.3 Å². The SMILES string of the molecule is [C-]#[N+]/C(C#N)=C\C=C\c1ccc(-c2ccc3c(c2)c2cc(-c4ccc(/C=C/C=C(\C#N)[N+]#[C-])o4)ccc2n3CCC)o1. The summed E-state index contributed by atoms with van der Waals surface area (Å²) < 4.78 is 14.4. The van der Waals surface area contributed by atoms with Gasteiger partial charge in [-0.1, -0.05) is 19.1 Å². The van der Waals surface area contributed by atoms with E-state index in [4.69, 9.17) is 32.5 Å². The van der Waals surface area contributed by atoms with Crippen molar-refractivity contribution in [3.05, 3.63) is 131 Å². The molecule has 0 saturated heterocycles. The van der Waals surface area contributed by atoms with Crippen LogP contribution < -0.4 is 0 Å². The van der Waals surface area contributed by atoms with Gasteiger partial charge in [-0.25, -0.2) is 20.2 Å². The number of nitriles is 2. The summed E-state index contributed by atoms with van der Waals surface area (Å²) >= 11 is 0. The number of furan rings is 2. The normalized spacial score (nSPS) is 12.1. The fourth-order valence-electron chi connectivity index (χ4n) is 4.74. The standard InChI is InChI=1S/C35H23N5O2/c1-4-19-40-32-15-11-24(34-17-13-28(41-34)9-5-7-26(22-36)38-2)20-30(32)31-21-25(12-16-33(31)40)35-18-14-29(42-35)10-6-8-27(23-37)39-3/h5-18,20-21H,4,19H2,1H3/b9-5+,10-6+,26-7-,27-8+. The Labute approximate surface area is 243 Å². The Morgan fingerprint density at radius 1 is 0.762 bits per heavy atom. The molecule has 5 rings (SSSR count). The Morgan fingerprint density at radius 2 is 1.24 bits per heavy atom. The van der Waals surface area contributed by atoms with Crippen LogP contribution in [0.1, 0.15) is 24.9 Å². The minimum Gasteiger partial charge on any atom is -0.457 e. The molecule has 3 aromatic heterocycles. The van der Waals surface area contributed by atoms with Crippen molar-refractivity contribution >= 4 is 34.0 Å². The molecule has 7 heteroatoms. The number of fused-ring (bicyclic) bond motifs is 3. The molecule has 0 N–H and O–H groups in total. The van der Waals surface area contributed by atoms with E-state index >= 15 is 0 Å². The van der Waals surface area contributed by atoms with Gasteiger partial charge < -0.3 is 13.4 Å². The summed E-state index contributed by atoms with van der Waals surface area (Å²) in [6.07, 6.45) is 10.6. The second kappa shape index (κ2) is 12.3. The topological polar surface area (TPSA) is 87.5 Å². The number of benzene rings is 2. The quantitative estimate of drug-likeness (QED) is 0.110. The molecule has 5 aromatic rings. The van der Waals surface area contributed by atoms with Crippen molar-refractivity contribution in [1.29, 1.82) is 10.5 Å². The van der Waals surface area contributed by atoms with Gasteiger partial charge in [0.05, 0.1) is 25.3 Å². The van der Waals surface area contributed by atoms with E-state index in [1.807, 2.05) is 36.4 Å². The van der Waals surface area contributed by atoms with E-state index in [2.05, 4.69) is 57.6 Å². The maximum atomic E-state index is 8.90. The molecule has 0 spiro atoms. The molecular weight excluding hydrogens is 522 g/mol. The highest BCUT2D eigenvalue weighted by Crippen LogP contribution is 2.36. The van der Waals surface area contributed by atoms with Crippen molar-refractivity contribution in [3.8, 4) is 34.8 Å². The molecule has 0 saturated carbocycles. The maximum absolute atomic E-state index is 8.90. The molecule has 0 amide bonds. The van der Waals surface area contributed by atoms with Gasteiger partial charge in [0.1, 0.15) is 23.0 Å². The number of aromatic nitrogens is 1. The first-order valence-corrected chi connectivity index (χ1v) is 13.2. The van der Waals surface area contributed by atoms with Gasteiger partial charge in [-0.2, -0.15) is 0 Å². The zero-order valence-corrected chi connectivity index (χ0v) is 22.7. The predicted molar refractivity (Wildman–Crippen MR) is 164 cm³/mol. The Bertz CT molecular complexity index is 1920. The van der Waals surface area contributed by atoms with E-state index in [1.165, 1.54) is 12.2 Å². The average Bonchev–Trinajstić information content (AvgIpc) is 3.76. The van der Waals surface area contributed by atoms with Crippen LogP contribution in [0, 0.1) is 35.8 Å². The maximum Gasteiger partial charge on any atom is 0.261 e. The molecule has 0 atom stereocenters. The minimum absolute atomic E-state index is 0.0107. The van der Waals surface area contributed by atoms with Crippen molar-refractivity contribution in [1.82, 2.24) is 4.57 Å². The van der Waals surface area contributed by atoms with E-state index in [1.54, 1.807) is 24.3 Å². The van der Waals surface area contributed by atoms with Crippen molar-refractivity contribution in [2.24, 2.45) is 0 Å². The summed E-state index contributed by atoms with van der Waals surface area (Å²) in [4.78, 5) is 6.29. The van der Waals surface area contributed by atoms with Crippen molar-refractivity contribution in [2.75, 3.05) is 0 Å². The Hall–Kier alpha value is -6.28. The second-order valence-corrected chi connectivity index (χ2v) is 9.29. The van der Waals surface area contributed by atoms with Crippen LogP contribution in [-0.2, 0) is 6.54 Å². The fourth-order valence-corrected chi connectivity index (χ4v) is 4.74. The Balaban J connectivity index is 1.52. The molecule has 0 radical (unpaired) electrons. The molecule has 0 aliphatic rings. The number of rotatable bonds is 8. The summed E-state index contributed by atoms with van der Waals surface area (Å²) in [6.45, 7) is 17.0.